The van der Waals surface area contributed by atoms with Crippen molar-refractivity contribution >= 4 is 45.9 Å². The van der Waals surface area contributed by atoms with Crippen molar-refractivity contribution in [3.63, 3.8) is 0 Å². The van der Waals surface area contributed by atoms with Crippen LogP contribution < -0.4 is 4.90 Å². The van der Waals surface area contributed by atoms with Gasteiger partial charge in [-0.05, 0) is 54.6 Å². The SMILES string of the molecule is CC12CC(=O)C(C)(O1)[C@@H]1C(=O)N(c3ccc(C#N)c(I)c3)C(=O)[C@@H]12. The molecule has 4 atom stereocenters. The highest BCUT2D eigenvalue weighted by molar-refractivity contribution is 14.1. The van der Waals surface area contributed by atoms with Crippen molar-refractivity contribution in [1.82, 2.24) is 0 Å². The number of amides is 2. The van der Waals surface area contributed by atoms with Crippen LogP contribution in [0.4, 0.5) is 5.69 Å². The number of carbonyl (C=O) groups excluding carboxylic acids is 3. The van der Waals surface area contributed by atoms with Crippen molar-refractivity contribution < 1.29 is 19.1 Å². The van der Waals surface area contributed by atoms with Crippen LogP contribution in [0.15, 0.2) is 18.2 Å². The van der Waals surface area contributed by atoms with E-state index in [1.165, 1.54) is 0 Å². The topological polar surface area (TPSA) is 87.5 Å². The fraction of sp³-hybridized carbons (Fsp3) is 0.412. The molecule has 1 aromatic carbocycles. The van der Waals surface area contributed by atoms with Gasteiger partial charge in [0, 0.05) is 9.99 Å². The zero-order chi connectivity index (χ0) is 17.4. The number of anilines is 1. The lowest BCUT2D eigenvalue weighted by atomic mass is 9.68. The Hall–Kier alpha value is -1.79. The molecule has 2 unspecified atom stereocenters. The van der Waals surface area contributed by atoms with Gasteiger partial charge in [-0.2, -0.15) is 5.26 Å². The summed E-state index contributed by atoms with van der Waals surface area (Å²) < 4.78 is 6.51. The first kappa shape index (κ1) is 15.7. The molecule has 2 amide bonds. The third-order valence-electron chi connectivity index (χ3n) is 5.40. The van der Waals surface area contributed by atoms with Crippen molar-refractivity contribution in [2.75, 3.05) is 4.90 Å². The largest absolute Gasteiger partial charge is 0.359 e. The number of imide groups is 1. The summed E-state index contributed by atoms with van der Waals surface area (Å²) in [5, 5.41) is 9.03. The molecular weight excluding hydrogens is 423 g/mol. The maximum absolute atomic E-state index is 13.0. The highest BCUT2D eigenvalue weighted by atomic mass is 127. The fourth-order valence-corrected chi connectivity index (χ4v) is 4.93. The highest BCUT2D eigenvalue weighted by Gasteiger charge is 2.76. The number of halogens is 1. The Morgan fingerprint density at radius 2 is 1.92 bits per heavy atom. The molecule has 0 N–H and O–H groups in total. The minimum atomic E-state index is -1.22. The van der Waals surface area contributed by atoms with Gasteiger partial charge < -0.3 is 4.74 Å². The van der Waals surface area contributed by atoms with Gasteiger partial charge in [0.15, 0.2) is 5.78 Å². The molecule has 2 bridgehead atoms. The predicted octanol–water partition coefficient (Wildman–Crippen LogP) is 1.79. The van der Waals surface area contributed by atoms with Gasteiger partial charge >= 0.3 is 0 Å². The van der Waals surface area contributed by atoms with Crippen LogP contribution in [-0.2, 0) is 19.1 Å². The lowest BCUT2D eigenvalue weighted by molar-refractivity contribution is -0.139. The maximum Gasteiger partial charge on any atom is 0.241 e. The molecule has 24 heavy (non-hydrogen) atoms. The van der Waals surface area contributed by atoms with Crippen LogP contribution in [0.25, 0.3) is 0 Å². The number of Topliss-reactive ketones (excluding diaryl/α,β-unsaturated/α-hetero) is 1. The number of rotatable bonds is 1. The summed E-state index contributed by atoms with van der Waals surface area (Å²) in [4.78, 5) is 39.3. The second-order valence-electron chi connectivity index (χ2n) is 6.86. The van der Waals surface area contributed by atoms with E-state index in [4.69, 9.17) is 10.00 Å². The summed E-state index contributed by atoms with van der Waals surface area (Å²) in [6.07, 6.45) is 0.155. The number of nitrogens with zero attached hydrogens (tertiary/aromatic N) is 2. The molecule has 1 aromatic rings. The molecular formula is C17H13IN2O4. The van der Waals surface area contributed by atoms with Crippen LogP contribution in [0.3, 0.4) is 0 Å². The van der Waals surface area contributed by atoms with E-state index in [-0.39, 0.29) is 18.1 Å². The molecule has 7 heteroatoms. The Morgan fingerprint density at radius 3 is 2.54 bits per heavy atom. The first-order valence-electron chi connectivity index (χ1n) is 7.54. The number of nitriles is 1. The molecule has 0 aliphatic carbocycles. The average Bonchev–Trinajstić information content (AvgIpc) is 3.01. The quantitative estimate of drug-likeness (QED) is 0.495. The van der Waals surface area contributed by atoms with E-state index in [2.05, 4.69) is 6.07 Å². The van der Waals surface area contributed by atoms with Gasteiger partial charge in [-0.1, -0.05) is 0 Å². The fourth-order valence-electron chi connectivity index (χ4n) is 4.31. The summed E-state index contributed by atoms with van der Waals surface area (Å²) in [6, 6.07) is 6.88. The number of carbonyl (C=O) groups is 3. The van der Waals surface area contributed by atoms with Crippen molar-refractivity contribution in [3.05, 3.63) is 27.3 Å². The number of hydrogen-bond acceptors (Lipinski definition) is 5. The minimum Gasteiger partial charge on any atom is -0.359 e. The molecule has 0 radical (unpaired) electrons. The van der Waals surface area contributed by atoms with Crippen molar-refractivity contribution in [1.29, 1.82) is 5.26 Å². The zero-order valence-corrected chi connectivity index (χ0v) is 15.2. The Kier molecular flexibility index (Phi) is 3.04. The second-order valence-corrected chi connectivity index (χ2v) is 8.03. The maximum atomic E-state index is 13.0. The number of hydrogen-bond donors (Lipinski definition) is 0. The summed E-state index contributed by atoms with van der Waals surface area (Å²) in [7, 11) is 0. The van der Waals surface area contributed by atoms with Gasteiger partial charge in [-0.15, -0.1) is 0 Å². The van der Waals surface area contributed by atoms with E-state index in [1.807, 2.05) is 22.6 Å². The zero-order valence-electron chi connectivity index (χ0n) is 13.0. The van der Waals surface area contributed by atoms with Gasteiger partial charge in [0.05, 0.1) is 28.7 Å². The van der Waals surface area contributed by atoms with Crippen LogP contribution in [0.1, 0.15) is 25.8 Å². The Morgan fingerprint density at radius 1 is 1.25 bits per heavy atom. The molecule has 3 aliphatic heterocycles. The van der Waals surface area contributed by atoms with Gasteiger partial charge in [0.2, 0.25) is 11.8 Å². The van der Waals surface area contributed by atoms with Crippen LogP contribution in [0.5, 0.6) is 0 Å². The highest BCUT2D eigenvalue weighted by Crippen LogP contribution is 2.59. The third-order valence-corrected chi connectivity index (χ3v) is 6.29. The molecule has 6 nitrogen and oxygen atoms in total. The molecule has 3 fully saturated rings. The first-order valence-corrected chi connectivity index (χ1v) is 8.62. The number of benzene rings is 1. The molecule has 3 aliphatic rings. The lowest BCUT2D eigenvalue weighted by Gasteiger charge is -2.26. The molecule has 0 saturated carbocycles. The van der Waals surface area contributed by atoms with Crippen LogP contribution in [0, 0.1) is 26.7 Å². The van der Waals surface area contributed by atoms with Gasteiger partial charge in [0.1, 0.15) is 11.7 Å². The van der Waals surface area contributed by atoms with Crippen LogP contribution in [0.2, 0.25) is 0 Å². The predicted molar refractivity (Wildman–Crippen MR) is 90.9 cm³/mol. The molecule has 0 spiro atoms. The molecule has 122 valence electrons. The van der Waals surface area contributed by atoms with E-state index in [1.54, 1.807) is 32.0 Å². The monoisotopic (exact) mass is 436 g/mol. The van der Waals surface area contributed by atoms with E-state index >= 15 is 0 Å². The van der Waals surface area contributed by atoms with Gasteiger partial charge in [0.25, 0.3) is 0 Å². The Bertz CT molecular complexity index is 876. The number of ether oxygens (including phenoxy) is 1. The van der Waals surface area contributed by atoms with Crippen molar-refractivity contribution in [2.45, 2.75) is 31.5 Å². The van der Waals surface area contributed by atoms with Crippen LogP contribution >= 0.6 is 22.6 Å². The summed E-state index contributed by atoms with van der Waals surface area (Å²) in [5.41, 5.74) is -1.23. The normalized spacial score (nSPS) is 37.1. The molecule has 0 aromatic heterocycles. The van der Waals surface area contributed by atoms with E-state index in [0.717, 1.165) is 4.90 Å². The smallest absolute Gasteiger partial charge is 0.241 e. The van der Waals surface area contributed by atoms with Crippen LogP contribution in [-0.4, -0.2) is 28.8 Å². The molecule has 3 saturated heterocycles. The van der Waals surface area contributed by atoms with E-state index in [9.17, 15) is 14.4 Å². The van der Waals surface area contributed by atoms with Crippen molar-refractivity contribution in [2.24, 2.45) is 11.8 Å². The summed E-state index contributed by atoms with van der Waals surface area (Å²) in [5.74, 6) is -2.26. The lowest BCUT2D eigenvalue weighted by Crippen LogP contribution is -2.46. The summed E-state index contributed by atoms with van der Waals surface area (Å²) >= 11 is 2.00. The van der Waals surface area contributed by atoms with Gasteiger partial charge in [-0.25, -0.2) is 4.90 Å². The summed E-state index contributed by atoms with van der Waals surface area (Å²) in [6.45, 7) is 3.35. The minimum absolute atomic E-state index is 0.122. The Balaban J connectivity index is 1.81. The Labute approximate surface area is 151 Å². The van der Waals surface area contributed by atoms with Crippen molar-refractivity contribution in [3.8, 4) is 6.07 Å². The van der Waals surface area contributed by atoms with E-state index in [0.29, 0.717) is 14.8 Å². The van der Waals surface area contributed by atoms with Gasteiger partial charge in [-0.3, -0.25) is 14.4 Å². The third kappa shape index (κ3) is 1.70. The molecule has 3 heterocycles. The average molecular weight is 436 g/mol. The number of fused-ring (bicyclic) bond motifs is 5. The first-order chi connectivity index (χ1) is 11.2. The molecule has 4 rings (SSSR count). The standard InChI is InChI=1S/C17H13IN2O4/c1-16-6-11(21)17(2,24-16)13-12(16)14(22)20(15(13)23)9-4-3-8(7-19)10(18)5-9/h3-5,12-13H,6H2,1-2H3/t12-,13+,16?,17?/m1/s1. The second kappa shape index (κ2) is 4.64. The van der Waals surface area contributed by atoms with E-state index < -0.39 is 28.9 Å². The number of ketones is 1.